The van der Waals surface area contributed by atoms with Gasteiger partial charge in [0, 0.05) is 22.9 Å². The summed E-state index contributed by atoms with van der Waals surface area (Å²) in [4.78, 5) is 7.89. The Bertz CT molecular complexity index is 1180. The van der Waals surface area contributed by atoms with E-state index in [-0.39, 0.29) is 4.90 Å². The van der Waals surface area contributed by atoms with Gasteiger partial charge in [-0.2, -0.15) is 0 Å². The SMILES string of the molecule is CS(=O)(=O)c1ccc(C(Oc2ccc(Cl)cc2)c2cc3cccnc3[nH]2)cc1. The van der Waals surface area contributed by atoms with Crippen molar-refractivity contribution in [2.24, 2.45) is 0 Å². The number of nitrogens with zero attached hydrogens (tertiary/aromatic N) is 1. The number of hydrogen-bond donors (Lipinski definition) is 1. The van der Waals surface area contributed by atoms with Crippen LogP contribution in [0.1, 0.15) is 17.4 Å². The second-order valence-corrected chi connectivity index (χ2v) is 8.91. The van der Waals surface area contributed by atoms with Gasteiger partial charge in [0.15, 0.2) is 15.9 Å². The van der Waals surface area contributed by atoms with Crippen LogP contribution in [0.3, 0.4) is 0 Å². The number of benzene rings is 2. The number of rotatable bonds is 5. The van der Waals surface area contributed by atoms with Crippen LogP contribution >= 0.6 is 11.6 Å². The smallest absolute Gasteiger partial charge is 0.175 e. The predicted molar refractivity (Wildman–Crippen MR) is 110 cm³/mol. The summed E-state index contributed by atoms with van der Waals surface area (Å²) in [6.45, 7) is 0. The number of aromatic amines is 1. The first-order valence-corrected chi connectivity index (χ1v) is 10.8. The number of H-pyrrole nitrogens is 1. The molecular weight excluding hydrogens is 396 g/mol. The third-order valence-corrected chi connectivity index (χ3v) is 5.75. The summed E-state index contributed by atoms with van der Waals surface area (Å²) in [7, 11) is -3.27. The summed E-state index contributed by atoms with van der Waals surface area (Å²) in [5.74, 6) is 0.646. The highest BCUT2D eigenvalue weighted by Gasteiger charge is 2.20. The van der Waals surface area contributed by atoms with Crippen molar-refractivity contribution in [1.82, 2.24) is 9.97 Å². The molecule has 2 aromatic heterocycles. The van der Waals surface area contributed by atoms with Gasteiger partial charge in [-0.1, -0.05) is 23.7 Å². The lowest BCUT2D eigenvalue weighted by atomic mass is 10.1. The minimum atomic E-state index is -3.27. The predicted octanol–water partition coefficient (Wildman–Crippen LogP) is 4.79. The van der Waals surface area contributed by atoms with E-state index >= 15 is 0 Å². The van der Waals surface area contributed by atoms with E-state index in [0.29, 0.717) is 10.8 Å². The van der Waals surface area contributed by atoms with Crippen LogP contribution in [0.5, 0.6) is 5.75 Å². The van der Waals surface area contributed by atoms with E-state index in [1.807, 2.05) is 18.2 Å². The fourth-order valence-corrected chi connectivity index (χ4v) is 3.73. The van der Waals surface area contributed by atoms with E-state index in [9.17, 15) is 8.42 Å². The van der Waals surface area contributed by atoms with Crippen molar-refractivity contribution in [1.29, 1.82) is 0 Å². The maximum Gasteiger partial charge on any atom is 0.175 e. The molecule has 0 bridgehead atoms. The van der Waals surface area contributed by atoms with E-state index in [1.54, 1.807) is 54.7 Å². The van der Waals surface area contributed by atoms with E-state index in [4.69, 9.17) is 16.3 Å². The molecule has 1 unspecified atom stereocenters. The van der Waals surface area contributed by atoms with Crippen molar-refractivity contribution in [3.05, 3.63) is 89.2 Å². The Hall–Kier alpha value is -2.83. The molecule has 0 saturated heterocycles. The third kappa shape index (κ3) is 3.88. The van der Waals surface area contributed by atoms with E-state index < -0.39 is 15.9 Å². The fourth-order valence-electron chi connectivity index (χ4n) is 2.97. The zero-order chi connectivity index (χ0) is 19.7. The molecule has 142 valence electrons. The summed E-state index contributed by atoms with van der Waals surface area (Å²) in [5.41, 5.74) is 2.39. The molecule has 0 aliphatic rings. The summed E-state index contributed by atoms with van der Waals surface area (Å²) in [5, 5.41) is 1.59. The van der Waals surface area contributed by atoms with Crippen molar-refractivity contribution in [2.45, 2.75) is 11.0 Å². The Labute approximate surface area is 167 Å². The molecule has 0 amide bonds. The molecule has 2 aromatic carbocycles. The molecular formula is C21H17ClN2O3S. The number of sulfone groups is 1. The van der Waals surface area contributed by atoms with Gasteiger partial charge in [-0.15, -0.1) is 0 Å². The average Bonchev–Trinajstić information content (AvgIpc) is 3.11. The number of ether oxygens (including phenoxy) is 1. The van der Waals surface area contributed by atoms with Crippen molar-refractivity contribution in [3.8, 4) is 5.75 Å². The van der Waals surface area contributed by atoms with Crippen molar-refractivity contribution >= 4 is 32.5 Å². The van der Waals surface area contributed by atoms with Gasteiger partial charge >= 0.3 is 0 Å². The Balaban J connectivity index is 1.77. The molecule has 2 heterocycles. The van der Waals surface area contributed by atoms with Crippen LogP contribution in [0.2, 0.25) is 5.02 Å². The molecule has 4 aromatic rings. The highest BCUT2D eigenvalue weighted by molar-refractivity contribution is 7.90. The number of nitrogens with one attached hydrogen (secondary N) is 1. The zero-order valence-corrected chi connectivity index (χ0v) is 16.5. The Morgan fingerprint density at radius 1 is 1.04 bits per heavy atom. The van der Waals surface area contributed by atoms with E-state index in [0.717, 1.165) is 22.3 Å². The van der Waals surface area contributed by atoms with Crippen LogP contribution < -0.4 is 4.74 Å². The summed E-state index contributed by atoms with van der Waals surface area (Å²) >= 11 is 5.97. The fraction of sp³-hybridized carbons (Fsp3) is 0.0952. The van der Waals surface area contributed by atoms with Gasteiger partial charge in [-0.3, -0.25) is 0 Å². The summed E-state index contributed by atoms with van der Waals surface area (Å²) < 4.78 is 29.8. The number of halogens is 1. The van der Waals surface area contributed by atoms with Crippen LogP contribution in [0.25, 0.3) is 11.0 Å². The molecule has 5 nitrogen and oxygen atoms in total. The van der Waals surface area contributed by atoms with Gasteiger partial charge in [0.25, 0.3) is 0 Å². The van der Waals surface area contributed by atoms with Crippen LogP contribution in [0, 0.1) is 0 Å². The van der Waals surface area contributed by atoms with Crippen molar-refractivity contribution < 1.29 is 13.2 Å². The molecule has 4 rings (SSSR count). The molecule has 1 N–H and O–H groups in total. The van der Waals surface area contributed by atoms with Gasteiger partial charge < -0.3 is 9.72 Å². The highest BCUT2D eigenvalue weighted by atomic mass is 35.5. The van der Waals surface area contributed by atoms with Crippen molar-refractivity contribution in [2.75, 3.05) is 6.26 Å². The zero-order valence-electron chi connectivity index (χ0n) is 15.0. The third-order valence-electron chi connectivity index (χ3n) is 4.37. The van der Waals surface area contributed by atoms with Crippen molar-refractivity contribution in [3.63, 3.8) is 0 Å². The minimum Gasteiger partial charge on any atom is -0.479 e. The van der Waals surface area contributed by atoms with E-state index in [1.165, 1.54) is 6.26 Å². The lowest BCUT2D eigenvalue weighted by Crippen LogP contribution is -2.10. The average molecular weight is 413 g/mol. The molecule has 0 aliphatic carbocycles. The highest BCUT2D eigenvalue weighted by Crippen LogP contribution is 2.31. The van der Waals surface area contributed by atoms with Gasteiger partial charge in [0.1, 0.15) is 11.4 Å². The summed E-state index contributed by atoms with van der Waals surface area (Å²) in [6.07, 6.45) is 2.44. The molecule has 7 heteroatoms. The first kappa shape index (κ1) is 18.5. The Kier molecular flexibility index (Phi) is 4.83. The number of pyridine rings is 1. The number of aromatic nitrogens is 2. The maximum absolute atomic E-state index is 11.8. The second-order valence-electron chi connectivity index (χ2n) is 6.46. The van der Waals surface area contributed by atoms with Gasteiger partial charge in [0.2, 0.25) is 0 Å². The topological polar surface area (TPSA) is 72.1 Å². The van der Waals surface area contributed by atoms with Crippen LogP contribution in [0.4, 0.5) is 0 Å². The monoisotopic (exact) mass is 412 g/mol. The lowest BCUT2D eigenvalue weighted by molar-refractivity contribution is 0.243. The lowest BCUT2D eigenvalue weighted by Gasteiger charge is -2.19. The maximum atomic E-state index is 11.8. The largest absolute Gasteiger partial charge is 0.479 e. The normalized spacial score (nSPS) is 12.8. The van der Waals surface area contributed by atoms with Gasteiger partial charge in [0.05, 0.1) is 10.6 Å². The standard InChI is InChI=1S/C21H17ClN2O3S/c1-28(25,26)18-10-4-14(5-11-18)20(27-17-8-6-16(22)7-9-17)19-13-15-3-2-12-23-21(15)24-19/h2-13,20H,1H3,(H,23,24). The molecule has 1 atom stereocenters. The molecule has 0 radical (unpaired) electrons. The van der Waals surface area contributed by atoms with E-state index in [2.05, 4.69) is 9.97 Å². The van der Waals surface area contributed by atoms with Crippen LogP contribution in [-0.2, 0) is 9.84 Å². The first-order valence-electron chi connectivity index (χ1n) is 8.56. The molecule has 0 saturated carbocycles. The van der Waals surface area contributed by atoms with Gasteiger partial charge in [-0.25, -0.2) is 13.4 Å². The second kappa shape index (κ2) is 7.30. The molecule has 0 aliphatic heterocycles. The molecule has 28 heavy (non-hydrogen) atoms. The Morgan fingerprint density at radius 3 is 2.39 bits per heavy atom. The number of fused-ring (bicyclic) bond motifs is 1. The molecule has 0 fully saturated rings. The number of hydrogen-bond acceptors (Lipinski definition) is 4. The van der Waals surface area contributed by atoms with Gasteiger partial charge in [-0.05, 0) is 60.2 Å². The minimum absolute atomic E-state index is 0.264. The molecule has 0 spiro atoms. The quantitative estimate of drug-likeness (QED) is 0.511. The van der Waals surface area contributed by atoms with Crippen LogP contribution in [-0.4, -0.2) is 24.6 Å². The van der Waals surface area contributed by atoms with Crippen LogP contribution in [0.15, 0.2) is 77.8 Å². The summed E-state index contributed by atoms with van der Waals surface area (Å²) in [6, 6.07) is 19.6. The Morgan fingerprint density at radius 2 is 1.75 bits per heavy atom. The first-order chi connectivity index (χ1) is 13.4.